The SMILES string of the molecule is C=C/C=C\C(=C)Oc1cc(C)nc(C)c1. The molecule has 0 aliphatic rings. The molecule has 0 unspecified atom stereocenters. The largest absolute Gasteiger partial charge is 0.458 e. The molecule has 15 heavy (non-hydrogen) atoms. The van der Waals surface area contributed by atoms with Crippen LogP contribution in [0.4, 0.5) is 0 Å². The number of hydrogen-bond donors (Lipinski definition) is 0. The second-order valence-electron chi connectivity index (χ2n) is 3.25. The number of aromatic nitrogens is 1. The fourth-order valence-corrected chi connectivity index (χ4v) is 1.22. The van der Waals surface area contributed by atoms with Crippen molar-refractivity contribution in [1.29, 1.82) is 0 Å². The highest BCUT2D eigenvalue weighted by atomic mass is 16.5. The van der Waals surface area contributed by atoms with Crippen LogP contribution in [0.25, 0.3) is 0 Å². The number of aryl methyl sites for hydroxylation is 2. The van der Waals surface area contributed by atoms with Gasteiger partial charge in [0.1, 0.15) is 11.5 Å². The second-order valence-corrected chi connectivity index (χ2v) is 3.25. The number of hydrogen-bond acceptors (Lipinski definition) is 2. The average Bonchev–Trinajstić information content (AvgIpc) is 2.13. The highest BCUT2D eigenvalue weighted by molar-refractivity contribution is 5.29. The molecule has 0 fully saturated rings. The molecule has 0 N–H and O–H groups in total. The Morgan fingerprint density at radius 3 is 2.47 bits per heavy atom. The first-order valence-corrected chi connectivity index (χ1v) is 4.73. The lowest BCUT2D eigenvalue weighted by atomic mass is 10.3. The zero-order valence-electron chi connectivity index (χ0n) is 9.16. The van der Waals surface area contributed by atoms with Gasteiger partial charge in [-0.25, -0.2) is 0 Å². The van der Waals surface area contributed by atoms with E-state index in [9.17, 15) is 0 Å². The monoisotopic (exact) mass is 201 g/mol. The maximum Gasteiger partial charge on any atom is 0.131 e. The zero-order chi connectivity index (χ0) is 11.3. The molecule has 0 amide bonds. The molecule has 2 heteroatoms. The van der Waals surface area contributed by atoms with E-state index in [1.807, 2.05) is 26.0 Å². The molecule has 2 nitrogen and oxygen atoms in total. The lowest BCUT2D eigenvalue weighted by molar-refractivity contribution is 0.445. The number of nitrogens with zero attached hydrogens (tertiary/aromatic N) is 1. The summed E-state index contributed by atoms with van der Waals surface area (Å²) < 4.78 is 5.51. The van der Waals surface area contributed by atoms with Crippen molar-refractivity contribution < 1.29 is 4.74 Å². The molecule has 0 bridgehead atoms. The molecule has 0 aliphatic heterocycles. The Morgan fingerprint density at radius 2 is 1.93 bits per heavy atom. The molecule has 78 valence electrons. The van der Waals surface area contributed by atoms with Gasteiger partial charge in [-0.15, -0.1) is 0 Å². The van der Waals surface area contributed by atoms with E-state index in [0.29, 0.717) is 5.76 Å². The van der Waals surface area contributed by atoms with Gasteiger partial charge >= 0.3 is 0 Å². The van der Waals surface area contributed by atoms with Crippen molar-refractivity contribution in [3.05, 3.63) is 60.7 Å². The van der Waals surface area contributed by atoms with Crippen LogP contribution in [-0.4, -0.2) is 4.98 Å². The van der Waals surface area contributed by atoms with Gasteiger partial charge in [0.05, 0.1) is 0 Å². The fraction of sp³-hybridized carbons (Fsp3) is 0.154. The Labute approximate surface area is 90.6 Å². The van der Waals surface area contributed by atoms with Crippen molar-refractivity contribution in [1.82, 2.24) is 4.98 Å². The molecule has 0 aliphatic carbocycles. The smallest absolute Gasteiger partial charge is 0.131 e. The van der Waals surface area contributed by atoms with Crippen molar-refractivity contribution in [2.24, 2.45) is 0 Å². The summed E-state index contributed by atoms with van der Waals surface area (Å²) in [6.07, 6.45) is 5.22. The normalized spacial score (nSPS) is 10.3. The minimum Gasteiger partial charge on any atom is -0.458 e. The number of ether oxygens (including phenoxy) is 1. The summed E-state index contributed by atoms with van der Waals surface area (Å²) in [5.41, 5.74) is 1.87. The van der Waals surface area contributed by atoms with Crippen LogP contribution in [0.5, 0.6) is 5.75 Å². The standard InChI is InChI=1S/C13H15NO/c1-5-6-7-12(4)15-13-8-10(2)14-11(3)9-13/h5-9H,1,4H2,2-3H3/b7-6-. The molecule has 0 spiro atoms. The lowest BCUT2D eigenvalue weighted by Crippen LogP contribution is -1.93. The molecule has 1 rings (SSSR count). The molecule has 0 saturated carbocycles. The molecule has 1 aromatic heterocycles. The Bertz CT molecular complexity index is 385. The fourth-order valence-electron chi connectivity index (χ4n) is 1.22. The Hall–Kier alpha value is -1.83. The van der Waals surface area contributed by atoms with Gasteiger partial charge in [-0.2, -0.15) is 0 Å². The third kappa shape index (κ3) is 3.81. The van der Waals surface area contributed by atoms with Crippen molar-refractivity contribution in [2.45, 2.75) is 13.8 Å². The Morgan fingerprint density at radius 1 is 1.33 bits per heavy atom. The van der Waals surface area contributed by atoms with Gasteiger partial charge in [-0.1, -0.05) is 25.3 Å². The van der Waals surface area contributed by atoms with Crippen LogP contribution in [-0.2, 0) is 0 Å². The summed E-state index contributed by atoms with van der Waals surface area (Å²) >= 11 is 0. The van der Waals surface area contributed by atoms with Crippen LogP contribution in [0.2, 0.25) is 0 Å². The van der Waals surface area contributed by atoms with Gasteiger partial charge in [-0.3, -0.25) is 4.98 Å². The van der Waals surface area contributed by atoms with E-state index in [1.54, 1.807) is 18.2 Å². The first-order chi connectivity index (χ1) is 7.11. The molecular formula is C13H15NO. The number of pyridine rings is 1. The first-order valence-electron chi connectivity index (χ1n) is 4.73. The summed E-state index contributed by atoms with van der Waals surface area (Å²) in [6, 6.07) is 3.75. The number of rotatable bonds is 4. The van der Waals surface area contributed by atoms with Crippen molar-refractivity contribution in [3.8, 4) is 5.75 Å². The van der Waals surface area contributed by atoms with Gasteiger partial charge in [-0.05, 0) is 19.9 Å². The van der Waals surface area contributed by atoms with Crippen LogP contribution in [0.15, 0.2) is 49.3 Å². The highest BCUT2D eigenvalue weighted by Crippen LogP contribution is 2.16. The van der Waals surface area contributed by atoms with Gasteiger partial charge in [0.2, 0.25) is 0 Å². The summed E-state index contributed by atoms with van der Waals surface area (Å²) in [7, 11) is 0. The van der Waals surface area contributed by atoms with Crippen LogP contribution in [0.1, 0.15) is 11.4 Å². The van der Waals surface area contributed by atoms with Gasteiger partial charge in [0.25, 0.3) is 0 Å². The lowest BCUT2D eigenvalue weighted by Gasteiger charge is -2.06. The predicted octanol–water partition coefficient (Wildman–Crippen LogP) is 3.33. The molecule has 0 atom stereocenters. The van der Waals surface area contributed by atoms with E-state index in [0.717, 1.165) is 17.1 Å². The van der Waals surface area contributed by atoms with Crippen LogP contribution in [0.3, 0.4) is 0 Å². The van der Waals surface area contributed by atoms with E-state index in [4.69, 9.17) is 4.74 Å². The average molecular weight is 201 g/mol. The minimum atomic E-state index is 0.583. The molecular weight excluding hydrogens is 186 g/mol. The summed E-state index contributed by atoms with van der Waals surface area (Å²) in [5, 5.41) is 0. The topological polar surface area (TPSA) is 22.1 Å². The quantitative estimate of drug-likeness (QED) is 0.550. The van der Waals surface area contributed by atoms with Gasteiger partial charge < -0.3 is 4.74 Å². The predicted molar refractivity (Wildman–Crippen MR) is 62.8 cm³/mol. The molecule has 0 saturated heterocycles. The Balaban J connectivity index is 2.76. The minimum absolute atomic E-state index is 0.583. The van der Waals surface area contributed by atoms with Crippen LogP contribution >= 0.6 is 0 Å². The van der Waals surface area contributed by atoms with Gasteiger partial charge in [0, 0.05) is 23.5 Å². The van der Waals surface area contributed by atoms with E-state index in [2.05, 4.69) is 18.1 Å². The van der Waals surface area contributed by atoms with E-state index >= 15 is 0 Å². The van der Waals surface area contributed by atoms with E-state index in [-0.39, 0.29) is 0 Å². The van der Waals surface area contributed by atoms with Crippen LogP contribution in [0, 0.1) is 13.8 Å². The third-order valence-electron chi connectivity index (χ3n) is 1.72. The zero-order valence-corrected chi connectivity index (χ0v) is 9.16. The highest BCUT2D eigenvalue weighted by Gasteiger charge is 1.98. The maximum atomic E-state index is 5.51. The second kappa shape index (κ2) is 5.15. The first kappa shape index (κ1) is 11.2. The van der Waals surface area contributed by atoms with E-state index < -0.39 is 0 Å². The molecule has 1 aromatic rings. The van der Waals surface area contributed by atoms with Crippen molar-refractivity contribution in [2.75, 3.05) is 0 Å². The maximum absolute atomic E-state index is 5.51. The molecule has 0 radical (unpaired) electrons. The third-order valence-corrected chi connectivity index (χ3v) is 1.72. The summed E-state index contributed by atoms with van der Waals surface area (Å²) in [6.45, 7) is 11.2. The number of allylic oxidation sites excluding steroid dienone is 3. The summed E-state index contributed by atoms with van der Waals surface area (Å²) in [5.74, 6) is 1.35. The van der Waals surface area contributed by atoms with Crippen molar-refractivity contribution >= 4 is 0 Å². The van der Waals surface area contributed by atoms with Crippen LogP contribution < -0.4 is 4.74 Å². The summed E-state index contributed by atoms with van der Waals surface area (Å²) in [4.78, 5) is 4.26. The Kier molecular flexibility index (Phi) is 3.86. The van der Waals surface area contributed by atoms with Gasteiger partial charge in [0.15, 0.2) is 0 Å². The molecule has 1 heterocycles. The van der Waals surface area contributed by atoms with Crippen molar-refractivity contribution in [3.63, 3.8) is 0 Å². The van der Waals surface area contributed by atoms with E-state index in [1.165, 1.54) is 0 Å². The molecule has 0 aromatic carbocycles.